The Morgan fingerprint density at radius 3 is 2.81 bits per heavy atom. The Kier molecular flexibility index (Phi) is 6.34. The maximum absolute atomic E-state index is 6.30. The van der Waals surface area contributed by atoms with Gasteiger partial charge in [0, 0.05) is 34.1 Å². The number of halogens is 2. The monoisotopic (exact) mass is 431 g/mol. The second-order valence-corrected chi connectivity index (χ2v) is 7.70. The molecule has 0 bridgehead atoms. The molecule has 2 aromatic rings. The number of aromatic nitrogens is 2. The lowest BCUT2D eigenvalue weighted by atomic mass is 10.2. The van der Waals surface area contributed by atoms with Crippen LogP contribution in [0.3, 0.4) is 0 Å². The molecule has 1 unspecified atom stereocenters. The zero-order valence-electron chi connectivity index (χ0n) is 12.1. The SMILES string of the molecule is CCn1nc(C)c(Br)c1CC(N)CSc1cccc(Br)c1. The number of aryl methyl sites for hydroxylation is 2. The van der Waals surface area contributed by atoms with Crippen LogP contribution >= 0.6 is 43.6 Å². The molecule has 3 nitrogen and oxygen atoms in total. The molecule has 1 heterocycles. The molecule has 114 valence electrons. The van der Waals surface area contributed by atoms with Crippen molar-refractivity contribution in [2.24, 2.45) is 5.73 Å². The largest absolute Gasteiger partial charge is 0.327 e. The Morgan fingerprint density at radius 2 is 2.14 bits per heavy atom. The zero-order chi connectivity index (χ0) is 15.4. The molecule has 0 aliphatic carbocycles. The predicted octanol–water partition coefficient (Wildman–Crippen LogP) is 4.40. The second kappa shape index (κ2) is 7.81. The van der Waals surface area contributed by atoms with Crippen molar-refractivity contribution in [3.8, 4) is 0 Å². The first-order valence-electron chi connectivity index (χ1n) is 6.87. The fourth-order valence-corrected chi connectivity index (χ4v) is 4.04. The van der Waals surface area contributed by atoms with Gasteiger partial charge in [0.1, 0.15) is 0 Å². The highest BCUT2D eigenvalue weighted by Gasteiger charge is 2.15. The number of thioether (sulfide) groups is 1. The highest BCUT2D eigenvalue weighted by atomic mass is 79.9. The van der Waals surface area contributed by atoms with E-state index in [1.165, 1.54) is 10.6 Å². The van der Waals surface area contributed by atoms with Crippen LogP contribution in [-0.2, 0) is 13.0 Å². The van der Waals surface area contributed by atoms with Crippen molar-refractivity contribution in [2.75, 3.05) is 5.75 Å². The molecule has 2 rings (SSSR count). The first kappa shape index (κ1) is 17.1. The first-order valence-corrected chi connectivity index (χ1v) is 9.44. The third-order valence-electron chi connectivity index (χ3n) is 3.17. The maximum atomic E-state index is 6.30. The molecule has 0 aliphatic heterocycles. The van der Waals surface area contributed by atoms with E-state index in [4.69, 9.17) is 5.73 Å². The number of nitrogens with two attached hydrogens (primary N) is 1. The van der Waals surface area contributed by atoms with E-state index in [0.717, 1.165) is 33.4 Å². The van der Waals surface area contributed by atoms with Gasteiger partial charge in [-0.25, -0.2) is 0 Å². The summed E-state index contributed by atoms with van der Waals surface area (Å²) in [6, 6.07) is 8.41. The Morgan fingerprint density at radius 1 is 1.38 bits per heavy atom. The molecule has 1 atom stereocenters. The van der Waals surface area contributed by atoms with Gasteiger partial charge in [-0.1, -0.05) is 22.0 Å². The summed E-state index contributed by atoms with van der Waals surface area (Å²) < 4.78 is 4.22. The van der Waals surface area contributed by atoms with Crippen LogP contribution in [0.5, 0.6) is 0 Å². The van der Waals surface area contributed by atoms with Crippen LogP contribution in [-0.4, -0.2) is 21.6 Å². The van der Waals surface area contributed by atoms with Gasteiger partial charge in [-0.15, -0.1) is 11.8 Å². The molecule has 0 spiro atoms. The molecule has 0 radical (unpaired) electrons. The van der Waals surface area contributed by atoms with Crippen LogP contribution in [0.25, 0.3) is 0 Å². The molecule has 0 saturated heterocycles. The van der Waals surface area contributed by atoms with E-state index in [1.54, 1.807) is 11.8 Å². The average Bonchev–Trinajstić information content (AvgIpc) is 2.73. The van der Waals surface area contributed by atoms with E-state index in [-0.39, 0.29) is 6.04 Å². The van der Waals surface area contributed by atoms with Crippen LogP contribution < -0.4 is 5.73 Å². The first-order chi connectivity index (χ1) is 10.0. The van der Waals surface area contributed by atoms with Crippen LogP contribution in [0.1, 0.15) is 18.3 Å². The third kappa shape index (κ3) is 4.58. The smallest absolute Gasteiger partial charge is 0.0738 e. The van der Waals surface area contributed by atoms with Crippen molar-refractivity contribution in [1.82, 2.24) is 9.78 Å². The van der Waals surface area contributed by atoms with Gasteiger partial charge < -0.3 is 5.73 Å². The summed E-state index contributed by atoms with van der Waals surface area (Å²) >= 11 is 8.90. The van der Waals surface area contributed by atoms with Crippen molar-refractivity contribution < 1.29 is 0 Å². The van der Waals surface area contributed by atoms with Crippen LogP contribution in [0.2, 0.25) is 0 Å². The van der Waals surface area contributed by atoms with Crippen molar-refractivity contribution >= 4 is 43.6 Å². The van der Waals surface area contributed by atoms with Gasteiger partial charge in [0.05, 0.1) is 15.9 Å². The minimum absolute atomic E-state index is 0.103. The Hall–Kier alpha value is -0.300. The fraction of sp³-hybridized carbons (Fsp3) is 0.400. The van der Waals surface area contributed by atoms with Gasteiger partial charge in [-0.05, 0) is 48.0 Å². The summed E-state index contributed by atoms with van der Waals surface area (Å²) in [7, 11) is 0. The Labute approximate surface area is 146 Å². The molecule has 0 fully saturated rings. The number of nitrogens with zero attached hydrogens (tertiary/aromatic N) is 2. The van der Waals surface area contributed by atoms with Gasteiger partial charge >= 0.3 is 0 Å². The van der Waals surface area contributed by atoms with Gasteiger partial charge in [0.25, 0.3) is 0 Å². The summed E-state index contributed by atoms with van der Waals surface area (Å²) in [5, 5.41) is 4.51. The summed E-state index contributed by atoms with van der Waals surface area (Å²) in [5.41, 5.74) is 8.52. The quantitative estimate of drug-likeness (QED) is 0.688. The summed E-state index contributed by atoms with van der Waals surface area (Å²) in [5.74, 6) is 0.886. The molecular weight excluding hydrogens is 414 g/mol. The number of rotatable bonds is 6. The molecule has 1 aromatic heterocycles. The van der Waals surface area contributed by atoms with Crippen LogP contribution in [0.4, 0.5) is 0 Å². The van der Waals surface area contributed by atoms with E-state index in [2.05, 4.69) is 56.0 Å². The van der Waals surface area contributed by atoms with Gasteiger partial charge in [0.2, 0.25) is 0 Å². The summed E-state index contributed by atoms with van der Waals surface area (Å²) in [6.45, 7) is 4.99. The molecule has 1 aromatic carbocycles. The van der Waals surface area contributed by atoms with Crippen LogP contribution in [0.15, 0.2) is 38.1 Å². The number of hydrogen-bond acceptors (Lipinski definition) is 3. The van der Waals surface area contributed by atoms with Gasteiger partial charge in [0.15, 0.2) is 0 Å². The van der Waals surface area contributed by atoms with E-state index in [1.807, 2.05) is 23.7 Å². The van der Waals surface area contributed by atoms with E-state index in [9.17, 15) is 0 Å². The standard InChI is InChI=1S/C15H19Br2N3S/c1-3-20-14(15(17)10(2)19-20)8-12(18)9-21-13-6-4-5-11(16)7-13/h4-7,12H,3,8-9,18H2,1-2H3. The molecule has 0 aliphatic rings. The lowest BCUT2D eigenvalue weighted by Crippen LogP contribution is -2.27. The third-order valence-corrected chi connectivity index (χ3v) is 5.88. The lowest BCUT2D eigenvalue weighted by molar-refractivity contribution is 0.593. The minimum Gasteiger partial charge on any atom is -0.327 e. The Balaban J connectivity index is 1.97. The highest BCUT2D eigenvalue weighted by molar-refractivity contribution is 9.10. The predicted molar refractivity (Wildman–Crippen MR) is 96.9 cm³/mol. The maximum Gasteiger partial charge on any atom is 0.0738 e. The topological polar surface area (TPSA) is 43.8 Å². The molecule has 2 N–H and O–H groups in total. The van der Waals surface area contributed by atoms with Crippen molar-refractivity contribution in [3.63, 3.8) is 0 Å². The average molecular weight is 433 g/mol. The molecule has 0 amide bonds. The molecule has 6 heteroatoms. The van der Waals surface area contributed by atoms with Crippen LogP contribution in [0, 0.1) is 6.92 Å². The normalized spacial score (nSPS) is 12.6. The second-order valence-electron chi connectivity index (χ2n) is 4.89. The van der Waals surface area contributed by atoms with E-state index in [0.29, 0.717) is 0 Å². The van der Waals surface area contributed by atoms with Crippen molar-refractivity contribution in [3.05, 3.63) is 44.6 Å². The lowest BCUT2D eigenvalue weighted by Gasteiger charge is -2.13. The number of benzene rings is 1. The van der Waals surface area contributed by atoms with Crippen molar-refractivity contribution in [1.29, 1.82) is 0 Å². The van der Waals surface area contributed by atoms with Crippen molar-refractivity contribution in [2.45, 2.75) is 37.8 Å². The summed E-state index contributed by atoms with van der Waals surface area (Å²) in [4.78, 5) is 1.24. The summed E-state index contributed by atoms with van der Waals surface area (Å²) in [6.07, 6.45) is 0.830. The van der Waals surface area contributed by atoms with E-state index >= 15 is 0 Å². The van der Waals surface area contributed by atoms with Gasteiger partial charge in [-0.2, -0.15) is 5.10 Å². The molecule has 21 heavy (non-hydrogen) atoms. The van der Waals surface area contributed by atoms with Gasteiger partial charge in [-0.3, -0.25) is 4.68 Å². The zero-order valence-corrected chi connectivity index (χ0v) is 16.1. The molecular formula is C15H19Br2N3S. The fourth-order valence-electron chi connectivity index (χ4n) is 2.13. The highest BCUT2D eigenvalue weighted by Crippen LogP contribution is 2.25. The number of hydrogen-bond donors (Lipinski definition) is 1. The molecule has 0 saturated carbocycles. The minimum atomic E-state index is 0.103. The van der Waals surface area contributed by atoms with E-state index < -0.39 is 0 Å². The Bertz CT molecular complexity index is 613.